The summed E-state index contributed by atoms with van der Waals surface area (Å²) in [5.74, 6) is -3.78. The van der Waals surface area contributed by atoms with Crippen LogP contribution in [-0.4, -0.2) is 370 Å². The van der Waals surface area contributed by atoms with Crippen LogP contribution in [0.4, 0.5) is 0 Å². The molecule has 12 rings (SSSR count). The van der Waals surface area contributed by atoms with Gasteiger partial charge in [-0.15, -0.1) is 0 Å². The third-order valence-electron chi connectivity index (χ3n) is 27.2. The van der Waals surface area contributed by atoms with E-state index in [1.165, 1.54) is 6.92 Å². The number of amides is 1. The van der Waals surface area contributed by atoms with Crippen molar-refractivity contribution in [3.8, 4) is 0 Å². The maximum absolute atomic E-state index is 15.9. The van der Waals surface area contributed by atoms with Gasteiger partial charge in [0.25, 0.3) is 0 Å². The molecule has 0 aromatic carbocycles. The standard InChI is InChI=1S/C72H115NO37/c1-28(76)73-40-44(83)51(108-60-48(87)45(84)42(81)34(19-74)103-60)36(23-99-58-49(88)50(33(79)21-97-58)107-59-47(86)41(80)32(78)20-98-59)105-57(40)106-39-13-14-67(7)37(66(39,5)6)12-15-68(8)38(67)11-10-30-31-18-65(3,4)16-17-72(31,54(90)53(89)69(30,68)9)64(93)110-61-52(46(85)43(82)35(104-61)22-96-29(2)77)109-63-56(92)71(95,27-102-63)26-101-62-55(91)70(94,24-75)25-100-62/h10,31-63,74-75,78-92,94-95H,11-27H2,1-9H3,(H,73,76)/t31-,32+,33-,34+,35+,36+,37-,38+,39-,40+,41-,42+,43+,44+,45-,46-,47+,48+,49+,50-,51+,52+,53-,54+,55-,56-,57-,58-,59-,60-,61-,62-,63-,67-,68+,69-,70+,71+,72+/m0/s1. The van der Waals surface area contributed by atoms with E-state index >= 15 is 4.79 Å². The summed E-state index contributed by atoms with van der Waals surface area (Å²) in [6.45, 7) is 10.5. The molecule has 0 aromatic rings. The lowest BCUT2D eigenvalue weighted by Gasteiger charge is -2.72. The van der Waals surface area contributed by atoms with Gasteiger partial charge in [-0.3, -0.25) is 14.4 Å². The zero-order valence-corrected chi connectivity index (χ0v) is 63.0. The van der Waals surface area contributed by atoms with E-state index in [2.05, 4.69) is 25.2 Å². The van der Waals surface area contributed by atoms with E-state index in [-0.39, 0.29) is 18.3 Å². The lowest BCUT2D eigenvalue weighted by atomic mass is 9.32. The number of allylic oxidation sites excluding steroid dienone is 1. The fraction of sp³-hybridized carbons (Fsp3) is 0.931. The summed E-state index contributed by atoms with van der Waals surface area (Å²) in [6, 6.07) is -1.48. The molecule has 38 nitrogen and oxygen atoms in total. The molecule has 0 unspecified atom stereocenters. The number of hydrogen-bond donors (Lipinski definition) is 20. The Labute approximate surface area is 634 Å². The fourth-order valence-electron chi connectivity index (χ4n) is 20.4. The molecule has 4 saturated carbocycles. The van der Waals surface area contributed by atoms with E-state index in [1.807, 2.05) is 34.6 Å². The van der Waals surface area contributed by atoms with Gasteiger partial charge < -0.3 is 173 Å². The van der Waals surface area contributed by atoms with Crippen molar-refractivity contribution in [3.05, 3.63) is 11.6 Å². The normalized spacial score (nSPS) is 52.0. The molecule has 7 aliphatic heterocycles. The van der Waals surface area contributed by atoms with E-state index in [0.29, 0.717) is 50.5 Å². The summed E-state index contributed by atoms with van der Waals surface area (Å²) in [4.78, 5) is 41.2. The van der Waals surface area contributed by atoms with Crippen LogP contribution in [0.15, 0.2) is 11.6 Å². The number of carbonyl (C=O) groups is 3. The molecule has 39 atom stereocenters. The van der Waals surface area contributed by atoms with Gasteiger partial charge in [-0.2, -0.15) is 0 Å². The molecule has 0 bridgehead atoms. The van der Waals surface area contributed by atoms with Gasteiger partial charge >= 0.3 is 11.9 Å². The number of aliphatic hydroxyl groups is 19. The van der Waals surface area contributed by atoms with Gasteiger partial charge in [-0.25, -0.2) is 0 Å². The van der Waals surface area contributed by atoms with E-state index in [0.717, 1.165) is 6.92 Å². The van der Waals surface area contributed by atoms with Crippen molar-refractivity contribution < 1.29 is 182 Å². The van der Waals surface area contributed by atoms with Crippen molar-refractivity contribution in [1.29, 1.82) is 0 Å². The van der Waals surface area contributed by atoms with Crippen molar-refractivity contribution in [1.82, 2.24) is 5.32 Å². The van der Waals surface area contributed by atoms with Gasteiger partial charge in [0, 0.05) is 19.3 Å². The molecule has 7 saturated heterocycles. The number of fused-ring (bicyclic) bond motifs is 7. The molecule has 20 N–H and O–H groups in total. The van der Waals surface area contributed by atoms with Crippen LogP contribution in [0.1, 0.15) is 114 Å². The minimum atomic E-state index is -2.33. The smallest absolute Gasteiger partial charge is 0.317 e. The van der Waals surface area contributed by atoms with Gasteiger partial charge in [0.2, 0.25) is 12.2 Å². The molecule has 630 valence electrons. The SMILES string of the molecule is CC(=O)N[C@H]1[C@H](O[C@H]2CC[C@]3(C)[C@H]4CC=C5[C@@H]6CC(C)(C)CC[C@]6(C(=O)O[C@@H]6O[C@H](COC(C)=O)[C@@H](O)[C@H](O)[C@H]6O[C@@H]6OC[C@](O)(CO[C@@H]7OC[C@](O)(CO)[C@H]7O)[C@H]6O)[C@H](O)[C@H](O)[C@@]5(C)[C@]4(C)CC[C@H]3C2(C)C)O[C@H](CO[C@@H]2OC[C@H](O)[C@H](O[C@@H]3OC[C@@H](O)[C@H](O)[C@H]3O)[C@H]2O)[C@@H](O[C@@H]2O[C@H](CO)[C@@H](O)[C@H](O)[C@H]2O)[C@@H]1O. The maximum atomic E-state index is 15.9. The fourth-order valence-corrected chi connectivity index (χ4v) is 20.4. The predicted molar refractivity (Wildman–Crippen MR) is 361 cm³/mol. The molecule has 11 fully saturated rings. The van der Waals surface area contributed by atoms with Gasteiger partial charge in [-0.05, 0) is 90.8 Å². The molecule has 0 radical (unpaired) electrons. The summed E-state index contributed by atoms with van der Waals surface area (Å²) >= 11 is 0. The van der Waals surface area contributed by atoms with Crippen molar-refractivity contribution in [3.63, 3.8) is 0 Å². The maximum Gasteiger partial charge on any atom is 0.317 e. The van der Waals surface area contributed by atoms with E-state index < -0.39 is 311 Å². The zero-order chi connectivity index (χ0) is 80.4. The largest absolute Gasteiger partial charge is 0.463 e. The molecule has 1 amide bonds. The van der Waals surface area contributed by atoms with Gasteiger partial charge in [-0.1, -0.05) is 60.1 Å². The highest BCUT2D eigenvalue weighted by Crippen LogP contribution is 2.76. The Kier molecular flexibility index (Phi) is 25.3. The molecule has 12 aliphatic rings. The first kappa shape index (κ1) is 86.2. The van der Waals surface area contributed by atoms with Crippen LogP contribution >= 0.6 is 0 Å². The lowest BCUT2D eigenvalue weighted by molar-refractivity contribution is -0.364. The van der Waals surface area contributed by atoms with Crippen molar-refractivity contribution >= 4 is 17.8 Å². The van der Waals surface area contributed by atoms with E-state index in [4.69, 9.17) is 71.1 Å². The number of esters is 2. The van der Waals surface area contributed by atoms with Crippen LogP contribution in [0, 0.1) is 50.2 Å². The van der Waals surface area contributed by atoms with Crippen LogP contribution in [0.2, 0.25) is 0 Å². The van der Waals surface area contributed by atoms with Crippen LogP contribution in [-0.2, 0) is 85.4 Å². The van der Waals surface area contributed by atoms with Crippen molar-refractivity contribution in [2.24, 2.45) is 50.2 Å². The predicted octanol–water partition coefficient (Wildman–Crippen LogP) is -7.35. The molecule has 0 aromatic heterocycles. The minimum absolute atomic E-state index is 0.0374. The number of aliphatic hydroxyl groups excluding tert-OH is 17. The highest BCUT2D eigenvalue weighted by Gasteiger charge is 2.75. The highest BCUT2D eigenvalue weighted by molar-refractivity contribution is 5.80. The Morgan fingerprint density at radius 3 is 1.82 bits per heavy atom. The summed E-state index contributed by atoms with van der Waals surface area (Å²) in [5, 5.41) is 216. The Hall–Kier alpha value is -3.13. The number of hydrogen-bond acceptors (Lipinski definition) is 37. The first-order valence-electron chi connectivity index (χ1n) is 38.0. The quantitative estimate of drug-likeness (QED) is 0.0288. The molecule has 38 heteroatoms. The van der Waals surface area contributed by atoms with Crippen LogP contribution < -0.4 is 5.32 Å². The average molecular weight is 1590 g/mol. The van der Waals surface area contributed by atoms with Crippen LogP contribution in [0.5, 0.6) is 0 Å². The Morgan fingerprint density at radius 2 is 1.15 bits per heavy atom. The van der Waals surface area contributed by atoms with Gasteiger partial charge in [0.15, 0.2) is 43.8 Å². The van der Waals surface area contributed by atoms with Gasteiger partial charge in [0.05, 0.1) is 71.2 Å². The number of rotatable bonds is 21. The number of carbonyl (C=O) groups excluding carboxylic acids is 3. The van der Waals surface area contributed by atoms with E-state index in [1.54, 1.807) is 0 Å². The second-order valence-corrected chi connectivity index (χ2v) is 34.8. The van der Waals surface area contributed by atoms with Gasteiger partial charge in [0.1, 0.15) is 139 Å². The summed E-state index contributed by atoms with van der Waals surface area (Å²) in [5.41, 5.74) is -9.56. The third kappa shape index (κ3) is 15.1. The summed E-state index contributed by atoms with van der Waals surface area (Å²) < 4.78 is 88.9. The first-order valence-corrected chi connectivity index (χ1v) is 38.0. The summed E-state index contributed by atoms with van der Waals surface area (Å²) in [6.07, 6.45) is -45.3. The summed E-state index contributed by atoms with van der Waals surface area (Å²) in [7, 11) is 0. The Morgan fingerprint density at radius 1 is 0.527 bits per heavy atom. The second-order valence-electron chi connectivity index (χ2n) is 34.8. The first-order chi connectivity index (χ1) is 51.5. The Balaban J connectivity index is 0.794. The third-order valence-corrected chi connectivity index (χ3v) is 27.2. The highest BCUT2D eigenvalue weighted by atomic mass is 16.8. The van der Waals surface area contributed by atoms with Crippen molar-refractivity contribution in [2.45, 2.75) is 309 Å². The van der Waals surface area contributed by atoms with Crippen molar-refractivity contribution in [2.75, 3.05) is 59.5 Å². The van der Waals surface area contributed by atoms with Crippen LogP contribution in [0.3, 0.4) is 0 Å². The minimum Gasteiger partial charge on any atom is -0.463 e. The molecule has 5 aliphatic carbocycles. The molecule has 0 spiro atoms. The van der Waals surface area contributed by atoms with Crippen LogP contribution in [0.25, 0.3) is 0 Å². The monoisotopic (exact) mass is 1590 g/mol. The lowest BCUT2D eigenvalue weighted by Crippen LogP contribution is -2.73. The molecular formula is C72H115NO37. The van der Waals surface area contributed by atoms with E-state index in [9.17, 15) is 107 Å². The second kappa shape index (κ2) is 32.3. The molecular weight excluding hydrogens is 1470 g/mol. The average Bonchev–Trinajstić information content (AvgIpc) is 0.707. The Bertz CT molecular complexity index is 3250. The number of ether oxygens (including phenoxy) is 15. The number of nitrogens with one attached hydrogen (secondary N) is 1. The molecule has 7 heterocycles. The topological polar surface area (TPSA) is 586 Å². The molecule has 110 heavy (non-hydrogen) atoms. The zero-order valence-electron chi connectivity index (χ0n) is 63.0.